The minimum atomic E-state index is -0.754. The molecule has 0 spiro atoms. The summed E-state index contributed by atoms with van der Waals surface area (Å²) in [7, 11) is 1.66. The van der Waals surface area contributed by atoms with Crippen LogP contribution >= 0.6 is 0 Å². The number of carbonyl (C=O) groups excluding carboxylic acids is 2. The van der Waals surface area contributed by atoms with E-state index >= 15 is 0 Å². The van der Waals surface area contributed by atoms with Crippen molar-refractivity contribution in [3.8, 4) is 0 Å². The van der Waals surface area contributed by atoms with Crippen molar-refractivity contribution in [2.24, 2.45) is 5.92 Å². The summed E-state index contributed by atoms with van der Waals surface area (Å²) < 4.78 is 0. The molecule has 1 aliphatic heterocycles. The van der Waals surface area contributed by atoms with E-state index in [4.69, 9.17) is 0 Å². The lowest BCUT2D eigenvalue weighted by molar-refractivity contribution is -0.137. The minimum absolute atomic E-state index is 0.0767. The number of carbonyl (C=O) groups is 2. The first-order chi connectivity index (χ1) is 9.52. The zero-order valence-corrected chi connectivity index (χ0v) is 12.4. The Morgan fingerprint density at radius 3 is 2.40 bits per heavy atom. The van der Waals surface area contributed by atoms with Gasteiger partial charge < -0.3 is 15.3 Å². The van der Waals surface area contributed by atoms with Crippen LogP contribution in [0.3, 0.4) is 0 Å². The predicted octanol–water partition coefficient (Wildman–Crippen LogP) is 1.06. The molecule has 2 rings (SSSR count). The molecule has 0 unspecified atom stereocenters. The molecule has 0 aromatic heterocycles. The molecule has 2 fully saturated rings. The molecule has 2 aliphatic rings. The number of hydrogen-bond acceptors (Lipinski definition) is 3. The Balaban J connectivity index is 1.75. The molecule has 0 radical (unpaired) electrons. The van der Waals surface area contributed by atoms with Gasteiger partial charge in [0.25, 0.3) is 0 Å². The summed E-state index contributed by atoms with van der Waals surface area (Å²) in [5.74, 6) is 0.538. The number of amides is 2. The van der Waals surface area contributed by atoms with E-state index in [0.29, 0.717) is 12.3 Å². The highest BCUT2D eigenvalue weighted by atomic mass is 16.3. The van der Waals surface area contributed by atoms with E-state index in [9.17, 15) is 14.7 Å². The van der Waals surface area contributed by atoms with Crippen molar-refractivity contribution < 1.29 is 14.7 Å². The molecule has 1 saturated heterocycles. The van der Waals surface area contributed by atoms with E-state index in [1.807, 2.05) is 4.90 Å². The highest BCUT2D eigenvalue weighted by Gasteiger charge is 2.35. The molecule has 0 aromatic carbocycles. The van der Waals surface area contributed by atoms with Gasteiger partial charge in [0.2, 0.25) is 11.8 Å². The Bertz CT molecular complexity index is 356. The lowest BCUT2D eigenvalue weighted by Gasteiger charge is -2.33. The average Bonchev–Trinajstić information content (AvgIpc) is 2.85. The monoisotopic (exact) mass is 282 g/mol. The van der Waals surface area contributed by atoms with Crippen molar-refractivity contribution in [3.63, 3.8) is 0 Å². The normalized spacial score (nSPS) is 22.8. The minimum Gasteiger partial charge on any atom is -0.389 e. The third kappa shape index (κ3) is 3.95. The summed E-state index contributed by atoms with van der Waals surface area (Å²) in [5, 5.41) is 12.9. The average molecular weight is 282 g/mol. The quantitative estimate of drug-likeness (QED) is 0.810. The summed E-state index contributed by atoms with van der Waals surface area (Å²) in [5.41, 5.74) is -0.754. The van der Waals surface area contributed by atoms with Gasteiger partial charge in [0.05, 0.1) is 12.0 Å². The molecule has 1 aliphatic carbocycles. The smallest absolute Gasteiger partial charge is 0.225 e. The van der Waals surface area contributed by atoms with Crippen LogP contribution in [0.5, 0.6) is 0 Å². The van der Waals surface area contributed by atoms with Crippen molar-refractivity contribution in [3.05, 3.63) is 0 Å². The number of likely N-dealkylation sites (tertiary alicyclic amines) is 1. The zero-order chi connectivity index (χ0) is 14.6. The largest absolute Gasteiger partial charge is 0.389 e. The van der Waals surface area contributed by atoms with Crippen LogP contribution in [0.4, 0.5) is 0 Å². The summed E-state index contributed by atoms with van der Waals surface area (Å²) in [6.07, 6.45) is 6.17. The molecule has 1 heterocycles. The number of rotatable bonds is 4. The maximum atomic E-state index is 12.2. The van der Waals surface area contributed by atoms with Crippen molar-refractivity contribution in [2.45, 2.75) is 57.0 Å². The number of nitrogens with one attached hydrogen (secondary N) is 1. The maximum Gasteiger partial charge on any atom is 0.225 e. The lowest BCUT2D eigenvalue weighted by Crippen LogP contribution is -2.42. The maximum absolute atomic E-state index is 12.2. The first-order valence-corrected chi connectivity index (χ1v) is 7.73. The number of nitrogens with zero attached hydrogens (tertiary/aromatic N) is 1. The second kappa shape index (κ2) is 6.57. The number of hydrogen-bond donors (Lipinski definition) is 2. The van der Waals surface area contributed by atoms with Crippen molar-refractivity contribution in [2.75, 3.05) is 20.1 Å². The summed E-state index contributed by atoms with van der Waals surface area (Å²) >= 11 is 0. The first-order valence-electron chi connectivity index (χ1n) is 7.73. The molecule has 2 amide bonds. The molecule has 114 valence electrons. The molecule has 0 aromatic rings. The van der Waals surface area contributed by atoms with Crippen LogP contribution in [0, 0.1) is 5.92 Å². The van der Waals surface area contributed by atoms with Crippen LogP contribution in [-0.2, 0) is 9.59 Å². The lowest BCUT2D eigenvalue weighted by atomic mass is 9.91. The Morgan fingerprint density at radius 2 is 1.85 bits per heavy atom. The van der Waals surface area contributed by atoms with Gasteiger partial charge in [0.15, 0.2) is 0 Å². The summed E-state index contributed by atoms with van der Waals surface area (Å²) in [4.78, 5) is 25.4. The highest BCUT2D eigenvalue weighted by Crippen LogP contribution is 2.33. The Morgan fingerprint density at radius 1 is 1.25 bits per heavy atom. The van der Waals surface area contributed by atoms with E-state index in [1.165, 1.54) is 0 Å². The van der Waals surface area contributed by atoms with Gasteiger partial charge in [-0.25, -0.2) is 0 Å². The SMILES string of the molecule is CNC(=O)CC1CCN(C(=O)CC2(O)CCCC2)CC1. The van der Waals surface area contributed by atoms with Gasteiger partial charge in [-0.3, -0.25) is 9.59 Å². The van der Waals surface area contributed by atoms with Gasteiger partial charge in [-0.05, 0) is 31.6 Å². The fourth-order valence-corrected chi connectivity index (χ4v) is 3.35. The van der Waals surface area contributed by atoms with Gasteiger partial charge in [0, 0.05) is 26.6 Å². The number of piperidine rings is 1. The number of aliphatic hydroxyl groups is 1. The summed E-state index contributed by atoms with van der Waals surface area (Å²) in [6, 6.07) is 0. The molecule has 1 saturated carbocycles. The van der Waals surface area contributed by atoms with E-state index < -0.39 is 5.60 Å². The van der Waals surface area contributed by atoms with Gasteiger partial charge in [-0.15, -0.1) is 0 Å². The third-order valence-electron chi connectivity index (χ3n) is 4.73. The van der Waals surface area contributed by atoms with Crippen LogP contribution in [0.1, 0.15) is 51.4 Å². The van der Waals surface area contributed by atoms with Crippen molar-refractivity contribution >= 4 is 11.8 Å². The van der Waals surface area contributed by atoms with Crippen molar-refractivity contribution in [1.82, 2.24) is 10.2 Å². The topological polar surface area (TPSA) is 69.6 Å². The predicted molar refractivity (Wildman–Crippen MR) is 76.0 cm³/mol. The van der Waals surface area contributed by atoms with Crippen LogP contribution in [-0.4, -0.2) is 47.6 Å². The molecule has 5 heteroatoms. The first kappa shape index (κ1) is 15.3. The van der Waals surface area contributed by atoms with Gasteiger partial charge in [0.1, 0.15) is 0 Å². The Kier molecular flexibility index (Phi) is 5.02. The molecule has 5 nitrogen and oxygen atoms in total. The second-order valence-electron chi connectivity index (χ2n) is 6.31. The molecule has 0 atom stereocenters. The van der Waals surface area contributed by atoms with Crippen molar-refractivity contribution in [1.29, 1.82) is 0 Å². The van der Waals surface area contributed by atoms with E-state index in [2.05, 4.69) is 5.32 Å². The van der Waals surface area contributed by atoms with Crippen LogP contribution < -0.4 is 5.32 Å². The molecular formula is C15H26N2O3. The van der Waals surface area contributed by atoms with E-state index in [0.717, 1.165) is 51.6 Å². The molecule has 2 N–H and O–H groups in total. The highest BCUT2D eigenvalue weighted by molar-refractivity contribution is 5.78. The fourth-order valence-electron chi connectivity index (χ4n) is 3.35. The Hall–Kier alpha value is -1.10. The van der Waals surface area contributed by atoms with Crippen LogP contribution in [0.2, 0.25) is 0 Å². The second-order valence-corrected chi connectivity index (χ2v) is 6.31. The van der Waals surface area contributed by atoms with Crippen LogP contribution in [0.25, 0.3) is 0 Å². The molecule has 0 bridgehead atoms. The summed E-state index contributed by atoms with van der Waals surface area (Å²) in [6.45, 7) is 1.44. The zero-order valence-electron chi connectivity index (χ0n) is 12.4. The van der Waals surface area contributed by atoms with E-state index in [1.54, 1.807) is 7.05 Å². The standard InChI is InChI=1S/C15H26N2O3/c1-16-13(18)10-12-4-8-17(9-5-12)14(19)11-15(20)6-2-3-7-15/h12,20H,2-11H2,1H3,(H,16,18). The van der Waals surface area contributed by atoms with E-state index in [-0.39, 0.29) is 18.2 Å². The molecular weight excluding hydrogens is 256 g/mol. The van der Waals surface area contributed by atoms with Crippen LogP contribution in [0.15, 0.2) is 0 Å². The Labute approximate surface area is 120 Å². The fraction of sp³-hybridized carbons (Fsp3) is 0.867. The van der Waals surface area contributed by atoms with Gasteiger partial charge in [-0.2, -0.15) is 0 Å². The van der Waals surface area contributed by atoms with Gasteiger partial charge in [-0.1, -0.05) is 12.8 Å². The molecule has 20 heavy (non-hydrogen) atoms. The van der Waals surface area contributed by atoms with Gasteiger partial charge >= 0.3 is 0 Å². The third-order valence-corrected chi connectivity index (χ3v) is 4.73.